The van der Waals surface area contributed by atoms with Crippen molar-refractivity contribution in [3.63, 3.8) is 0 Å². The fourth-order valence-corrected chi connectivity index (χ4v) is 2.52. The molecule has 0 aliphatic carbocycles. The number of pyridine rings is 1. The van der Waals surface area contributed by atoms with E-state index in [9.17, 15) is 22.8 Å². The molecule has 11 heteroatoms. The predicted octanol–water partition coefficient (Wildman–Crippen LogP) is 3.00. The molecule has 3 N–H and O–H groups in total. The van der Waals surface area contributed by atoms with E-state index in [2.05, 4.69) is 20.9 Å². The van der Waals surface area contributed by atoms with E-state index >= 15 is 0 Å². The summed E-state index contributed by atoms with van der Waals surface area (Å²) < 4.78 is 42.8. The molecule has 30 heavy (non-hydrogen) atoms. The molecule has 2 aromatic rings. The summed E-state index contributed by atoms with van der Waals surface area (Å²) in [5.41, 5.74) is -0.0861. The third kappa shape index (κ3) is 7.43. The largest absolute Gasteiger partial charge is 0.497 e. The Balaban J connectivity index is 1.67. The molecule has 0 aliphatic heterocycles. The van der Waals surface area contributed by atoms with Gasteiger partial charge in [0.1, 0.15) is 11.6 Å². The molecule has 7 nitrogen and oxygen atoms in total. The van der Waals surface area contributed by atoms with Crippen LogP contribution in [-0.4, -0.2) is 37.0 Å². The number of anilines is 1. The number of aromatic nitrogens is 1. The monoisotopic (exact) mass is 444 g/mol. The zero-order valence-corrected chi connectivity index (χ0v) is 16.7. The first-order valence-corrected chi connectivity index (χ1v) is 9.20. The van der Waals surface area contributed by atoms with Crippen molar-refractivity contribution in [1.29, 1.82) is 0 Å². The van der Waals surface area contributed by atoms with Gasteiger partial charge in [-0.1, -0.05) is 23.7 Å². The first-order chi connectivity index (χ1) is 14.2. The van der Waals surface area contributed by atoms with Crippen molar-refractivity contribution in [3.8, 4) is 5.75 Å². The van der Waals surface area contributed by atoms with Gasteiger partial charge in [0.2, 0.25) is 11.8 Å². The van der Waals surface area contributed by atoms with Gasteiger partial charge in [0, 0.05) is 25.7 Å². The van der Waals surface area contributed by atoms with Crippen LogP contribution in [0.1, 0.15) is 17.5 Å². The number of rotatable bonds is 9. The van der Waals surface area contributed by atoms with Gasteiger partial charge in [-0.05, 0) is 23.8 Å². The van der Waals surface area contributed by atoms with Crippen LogP contribution < -0.4 is 20.7 Å². The summed E-state index contributed by atoms with van der Waals surface area (Å²) in [4.78, 5) is 27.2. The van der Waals surface area contributed by atoms with Crippen LogP contribution in [0.2, 0.25) is 5.02 Å². The molecule has 0 atom stereocenters. The molecule has 162 valence electrons. The van der Waals surface area contributed by atoms with Gasteiger partial charge >= 0.3 is 6.18 Å². The quantitative estimate of drug-likeness (QED) is 0.553. The molecule has 1 aromatic carbocycles. The van der Waals surface area contributed by atoms with Gasteiger partial charge < -0.3 is 20.7 Å². The number of carbonyl (C=O) groups is 2. The number of alkyl halides is 3. The summed E-state index contributed by atoms with van der Waals surface area (Å²) in [6.07, 6.45) is -3.91. The molecule has 0 saturated heterocycles. The lowest BCUT2D eigenvalue weighted by atomic mass is 10.2. The minimum Gasteiger partial charge on any atom is -0.497 e. The van der Waals surface area contributed by atoms with E-state index in [-0.39, 0.29) is 36.3 Å². The van der Waals surface area contributed by atoms with E-state index in [1.807, 2.05) is 12.1 Å². The number of ether oxygens (including phenoxy) is 1. The van der Waals surface area contributed by atoms with Gasteiger partial charge in [-0.25, -0.2) is 4.98 Å². The second-order valence-electron chi connectivity index (χ2n) is 6.13. The zero-order valence-electron chi connectivity index (χ0n) is 16.0. The summed E-state index contributed by atoms with van der Waals surface area (Å²) in [6.45, 7) is 0.185. The Morgan fingerprint density at radius 3 is 2.43 bits per heavy atom. The molecule has 2 amide bonds. The zero-order chi connectivity index (χ0) is 22.1. The fourth-order valence-electron chi connectivity index (χ4n) is 2.29. The normalized spacial score (nSPS) is 11.0. The van der Waals surface area contributed by atoms with E-state index in [0.717, 1.165) is 11.6 Å². The molecule has 1 aromatic heterocycles. The third-order valence-electron chi connectivity index (χ3n) is 3.91. The SMILES string of the molecule is COc1ccc(CNC(=O)CNC(=O)CCNc2ncc(C(F)(F)F)cc2Cl)cc1. The molecule has 0 unspecified atom stereocenters. The summed E-state index contributed by atoms with van der Waals surface area (Å²) in [5, 5.41) is 7.60. The Labute approximate surface area is 176 Å². The second kappa shape index (κ2) is 10.7. The maximum absolute atomic E-state index is 12.6. The maximum atomic E-state index is 12.6. The highest BCUT2D eigenvalue weighted by atomic mass is 35.5. The lowest BCUT2D eigenvalue weighted by molar-refractivity contribution is -0.137. The number of nitrogens with one attached hydrogen (secondary N) is 3. The molecule has 1 heterocycles. The van der Waals surface area contributed by atoms with Crippen molar-refractivity contribution in [2.24, 2.45) is 0 Å². The van der Waals surface area contributed by atoms with Crippen molar-refractivity contribution >= 4 is 29.2 Å². The van der Waals surface area contributed by atoms with Gasteiger partial charge in [0.25, 0.3) is 0 Å². The molecular weight excluding hydrogens is 425 g/mol. The minimum atomic E-state index is -4.54. The average molecular weight is 445 g/mol. The smallest absolute Gasteiger partial charge is 0.417 e. The van der Waals surface area contributed by atoms with Crippen LogP contribution in [0.4, 0.5) is 19.0 Å². The Bertz CT molecular complexity index is 876. The number of nitrogens with zero attached hydrogens (tertiary/aromatic N) is 1. The Morgan fingerprint density at radius 1 is 1.13 bits per heavy atom. The van der Waals surface area contributed by atoms with E-state index in [4.69, 9.17) is 16.3 Å². The molecule has 2 rings (SSSR count). The topological polar surface area (TPSA) is 92.4 Å². The second-order valence-corrected chi connectivity index (χ2v) is 6.54. The lowest BCUT2D eigenvalue weighted by Crippen LogP contribution is -2.37. The van der Waals surface area contributed by atoms with E-state index < -0.39 is 17.6 Å². The number of carbonyl (C=O) groups excluding carboxylic acids is 2. The number of hydrogen-bond donors (Lipinski definition) is 3. The van der Waals surface area contributed by atoms with Gasteiger partial charge in [-0.2, -0.15) is 13.2 Å². The Kier molecular flexibility index (Phi) is 8.28. The molecule has 0 bridgehead atoms. The lowest BCUT2D eigenvalue weighted by Gasteiger charge is -2.11. The number of amides is 2. The number of methoxy groups -OCH3 is 1. The molecule has 0 spiro atoms. The van der Waals surface area contributed by atoms with Crippen LogP contribution in [0.3, 0.4) is 0 Å². The fraction of sp³-hybridized carbons (Fsp3) is 0.316. The van der Waals surface area contributed by atoms with Crippen LogP contribution in [-0.2, 0) is 22.3 Å². The maximum Gasteiger partial charge on any atom is 0.417 e. The molecule has 0 radical (unpaired) electrons. The highest BCUT2D eigenvalue weighted by molar-refractivity contribution is 6.32. The van der Waals surface area contributed by atoms with Crippen molar-refractivity contribution in [3.05, 3.63) is 52.7 Å². The van der Waals surface area contributed by atoms with E-state index in [1.165, 1.54) is 0 Å². The average Bonchev–Trinajstić information content (AvgIpc) is 2.71. The minimum absolute atomic E-state index is 0.0230. The first kappa shape index (κ1) is 23.3. The number of halogens is 4. The summed E-state index contributed by atoms with van der Waals surface area (Å²) in [7, 11) is 1.56. The standard InChI is InChI=1S/C19H20ClF3N4O3/c1-30-14-4-2-12(3-5-14)9-25-17(29)11-26-16(28)6-7-24-18-15(20)8-13(10-27-18)19(21,22)23/h2-5,8,10H,6-7,9,11H2,1H3,(H,24,27)(H,25,29)(H,26,28). The van der Waals surface area contributed by atoms with Crippen LogP contribution in [0, 0.1) is 0 Å². The highest BCUT2D eigenvalue weighted by Crippen LogP contribution is 2.32. The predicted molar refractivity (Wildman–Crippen MR) is 105 cm³/mol. The summed E-state index contributed by atoms with van der Waals surface area (Å²) in [6, 6.07) is 7.92. The van der Waals surface area contributed by atoms with Crippen molar-refractivity contribution in [2.75, 3.05) is 25.5 Å². The third-order valence-corrected chi connectivity index (χ3v) is 4.20. The van der Waals surface area contributed by atoms with Crippen molar-refractivity contribution in [1.82, 2.24) is 15.6 Å². The van der Waals surface area contributed by atoms with Gasteiger partial charge in [0.05, 0.1) is 24.2 Å². The van der Waals surface area contributed by atoms with Gasteiger partial charge in [-0.3, -0.25) is 9.59 Å². The van der Waals surface area contributed by atoms with Crippen molar-refractivity contribution < 1.29 is 27.5 Å². The molecular formula is C19H20ClF3N4O3. The van der Waals surface area contributed by atoms with Gasteiger partial charge in [0.15, 0.2) is 0 Å². The number of hydrogen-bond acceptors (Lipinski definition) is 5. The van der Waals surface area contributed by atoms with Crippen LogP contribution >= 0.6 is 11.6 Å². The Morgan fingerprint density at radius 2 is 1.83 bits per heavy atom. The van der Waals surface area contributed by atoms with E-state index in [0.29, 0.717) is 18.5 Å². The first-order valence-electron chi connectivity index (χ1n) is 8.82. The summed E-state index contributed by atoms with van der Waals surface area (Å²) in [5.74, 6) is -0.0295. The van der Waals surface area contributed by atoms with Crippen LogP contribution in [0.25, 0.3) is 0 Å². The van der Waals surface area contributed by atoms with Crippen molar-refractivity contribution in [2.45, 2.75) is 19.1 Å². The summed E-state index contributed by atoms with van der Waals surface area (Å²) >= 11 is 5.77. The van der Waals surface area contributed by atoms with E-state index in [1.54, 1.807) is 19.2 Å². The Hall–Kier alpha value is -3.01. The molecule has 0 fully saturated rings. The number of benzene rings is 1. The van der Waals surface area contributed by atoms with Gasteiger partial charge in [-0.15, -0.1) is 0 Å². The highest BCUT2D eigenvalue weighted by Gasteiger charge is 2.31. The van der Waals surface area contributed by atoms with Crippen LogP contribution in [0.15, 0.2) is 36.5 Å². The molecule has 0 aliphatic rings. The van der Waals surface area contributed by atoms with Crippen LogP contribution in [0.5, 0.6) is 5.75 Å². The molecule has 0 saturated carbocycles.